The molecule has 0 spiro atoms. The van der Waals surface area contributed by atoms with Crippen LogP contribution in [0.4, 0.5) is 18.3 Å². The van der Waals surface area contributed by atoms with Crippen LogP contribution < -0.4 is 5.32 Å². The number of likely N-dealkylation sites (tertiary alicyclic amines) is 1. The van der Waals surface area contributed by atoms with Crippen LogP contribution in [0.2, 0.25) is 0 Å². The quantitative estimate of drug-likeness (QED) is 0.785. The summed E-state index contributed by atoms with van der Waals surface area (Å²) in [6.07, 6.45) is -4.20. The topological polar surface area (TPSA) is 79.4 Å². The number of imide groups is 1. The van der Waals surface area contributed by atoms with Crippen LogP contribution >= 0.6 is 11.3 Å². The maximum Gasteiger partial charge on any atom is 0.416 e. The second-order valence-electron chi connectivity index (χ2n) is 5.85. The van der Waals surface area contributed by atoms with Gasteiger partial charge in [0.1, 0.15) is 0 Å². The number of aromatic nitrogens is 1. The zero-order chi connectivity index (χ0) is 19.6. The van der Waals surface area contributed by atoms with Crippen LogP contribution in [-0.4, -0.2) is 34.2 Å². The number of benzene rings is 1. The van der Waals surface area contributed by atoms with Crippen molar-refractivity contribution in [1.29, 1.82) is 0 Å². The van der Waals surface area contributed by atoms with Gasteiger partial charge in [0.05, 0.1) is 11.3 Å². The molecule has 1 saturated heterocycles. The van der Waals surface area contributed by atoms with Crippen molar-refractivity contribution in [2.75, 3.05) is 11.9 Å². The molecular formula is C17H14F3N3O3S. The lowest BCUT2D eigenvalue weighted by molar-refractivity contribution is -0.139. The third-order valence-electron chi connectivity index (χ3n) is 3.95. The summed E-state index contributed by atoms with van der Waals surface area (Å²) in [5.74, 6) is -1.03. The van der Waals surface area contributed by atoms with Crippen molar-refractivity contribution >= 4 is 34.2 Å². The first kappa shape index (κ1) is 19.0. The van der Waals surface area contributed by atoms with E-state index in [2.05, 4.69) is 10.3 Å². The molecule has 1 N–H and O–H groups in total. The minimum atomic E-state index is -4.45. The highest BCUT2D eigenvalue weighted by Gasteiger charge is 2.31. The molecule has 27 heavy (non-hydrogen) atoms. The highest BCUT2D eigenvalue weighted by atomic mass is 32.1. The maximum absolute atomic E-state index is 12.8. The van der Waals surface area contributed by atoms with Crippen molar-refractivity contribution in [2.45, 2.75) is 25.4 Å². The molecule has 0 aliphatic carbocycles. The molecule has 6 nitrogen and oxygen atoms in total. The van der Waals surface area contributed by atoms with Crippen LogP contribution in [0.15, 0.2) is 29.6 Å². The fourth-order valence-corrected chi connectivity index (χ4v) is 3.32. The van der Waals surface area contributed by atoms with E-state index >= 15 is 0 Å². The molecule has 1 aliphatic heterocycles. The van der Waals surface area contributed by atoms with Gasteiger partial charge in [-0.05, 0) is 12.1 Å². The molecule has 3 amide bonds. The molecule has 2 aromatic rings. The Morgan fingerprint density at radius 2 is 1.93 bits per heavy atom. The number of halogens is 3. The number of anilines is 1. The van der Waals surface area contributed by atoms with Gasteiger partial charge < -0.3 is 5.32 Å². The average Bonchev–Trinajstić information content (AvgIpc) is 3.20. The smallest absolute Gasteiger partial charge is 0.302 e. The molecule has 2 heterocycles. The Hall–Kier alpha value is -2.75. The van der Waals surface area contributed by atoms with E-state index in [1.165, 1.54) is 12.1 Å². The Labute approximate surface area is 156 Å². The standard InChI is InChI=1S/C17H14F3N3O3S/c18-17(19,20)11-3-1-2-10(8-11)12-9-27-16(21-12)22-13(24)6-7-23-14(25)4-5-15(23)26/h1-3,8-9H,4-7H2,(H,21,22,24). The van der Waals surface area contributed by atoms with E-state index in [9.17, 15) is 27.6 Å². The zero-order valence-corrected chi connectivity index (χ0v) is 14.7. The molecule has 0 saturated carbocycles. The van der Waals surface area contributed by atoms with Gasteiger partial charge in [0.15, 0.2) is 5.13 Å². The van der Waals surface area contributed by atoms with Gasteiger partial charge in [-0.2, -0.15) is 13.2 Å². The molecule has 1 aromatic carbocycles. The summed E-state index contributed by atoms with van der Waals surface area (Å²) in [6.45, 7) is -0.00460. The summed E-state index contributed by atoms with van der Waals surface area (Å²) in [5, 5.41) is 4.30. The number of hydrogen-bond donors (Lipinski definition) is 1. The predicted molar refractivity (Wildman–Crippen MR) is 91.8 cm³/mol. The molecule has 1 fully saturated rings. The molecular weight excluding hydrogens is 383 g/mol. The summed E-state index contributed by atoms with van der Waals surface area (Å²) in [4.78, 5) is 40.1. The van der Waals surface area contributed by atoms with Gasteiger partial charge in [0, 0.05) is 36.8 Å². The first-order valence-electron chi connectivity index (χ1n) is 8.00. The van der Waals surface area contributed by atoms with E-state index in [0.717, 1.165) is 28.4 Å². The summed E-state index contributed by atoms with van der Waals surface area (Å²) in [7, 11) is 0. The van der Waals surface area contributed by atoms with Gasteiger partial charge in [-0.25, -0.2) is 4.98 Å². The van der Waals surface area contributed by atoms with E-state index in [1.54, 1.807) is 5.38 Å². The molecule has 0 radical (unpaired) electrons. The number of carbonyl (C=O) groups is 3. The lowest BCUT2D eigenvalue weighted by atomic mass is 10.1. The Morgan fingerprint density at radius 3 is 2.59 bits per heavy atom. The highest BCUT2D eigenvalue weighted by molar-refractivity contribution is 7.14. The molecule has 142 valence electrons. The number of thiazole rings is 1. The number of nitrogens with zero attached hydrogens (tertiary/aromatic N) is 2. The van der Waals surface area contributed by atoms with Gasteiger partial charge in [-0.1, -0.05) is 12.1 Å². The van der Waals surface area contributed by atoms with E-state index in [4.69, 9.17) is 0 Å². The lowest BCUT2D eigenvalue weighted by Gasteiger charge is -2.12. The third-order valence-corrected chi connectivity index (χ3v) is 4.71. The molecule has 0 unspecified atom stereocenters. The van der Waals surface area contributed by atoms with Crippen molar-refractivity contribution in [3.05, 3.63) is 35.2 Å². The van der Waals surface area contributed by atoms with E-state index in [-0.39, 0.29) is 48.3 Å². The van der Waals surface area contributed by atoms with Crippen molar-refractivity contribution in [2.24, 2.45) is 0 Å². The van der Waals surface area contributed by atoms with Gasteiger partial charge in [-0.15, -0.1) is 11.3 Å². The SMILES string of the molecule is O=C(CCN1C(=O)CCC1=O)Nc1nc(-c2cccc(C(F)(F)F)c2)cs1. The van der Waals surface area contributed by atoms with Crippen LogP contribution in [0.5, 0.6) is 0 Å². The molecule has 10 heteroatoms. The van der Waals surface area contributed by atoms with Crippen LogP contribution in [0.1, 0.15) is 24.8 Å². The van der Waals surface area contributed by atoms with E-state index in [1.807, 2.05) is 0 Å². The third kappa shape index (κ3) is 4.51. The minimum absolute atomic E-state index is 0.00460. The van der Waals surface area contributed by atoms with E-state index < -0.39 is 17.6 Å². The fraction of sp³-hybridized carbons (Fsp3) is 0.294. The summed E-state index contributed by atoms with van der Waals surface area (Å²) < 4.78 is 38.4. The van der Waals surface area contributed by atoms with Gasteiger partial charge in [-0.3, -0.25) is 19.3 Å². The number of nitrogens with one attached hydrogen (secondary N) is 1. The molecule has 1 aromatic heterocycles. The lowest BCUT2D eigenvalue weighted by Crippen LogP contribution is -2.32. The second kappa shape index (κ2) is 7.47. The number of carbonyl (C=O) groups excluding carboxylic acids is 3. The van der Waals surface area contributed by atoms with Gasteiger partial charge in [0.2, 0.25) is 17.7 Å². The van der Waals surface area contributed by atoms with Crippen LogP contribution in [-0.2, 0) is 20.6 Å². The number of hydrogen-bond acceptors (Lipinski definition) is 5. The van der Waals surface area contributed by atoms with Crippen LogP contribution in [0.3, 0.4) is 0 Å². The van der Waals surface area contributed by atoms with Gasteiger partial charge in [0.25, 0.3) is 0 Å². The summed E-state index contributed by atoms with van der Waals surface area (Å²) in [5.41, 5.74) is -0.181. The maximum atomic E-state index is 12.8. The van der Waals surface area contributed by atoms with Crippen molar-refractivity contribution in [3.8, 4) is 11.3 Å². The fourth-order valence-electron chi connectivity index (χ4n) is 2.59. The molecule has 0 atom stereocenters. The Morgan fingerprint density at radius 1 is 1.22 bits per heavy atom. The van der Waals surface area contributed by atoms with Crippen LogP contribution in [0, 0.1) is 0 Å². The monoisotopic (exact) mass is 397 g/mol. The first-order chi connectivity index (χ1) is 12.7. The molecule has 3 rings (SSSR count). The summed E-state index contributed by atoms with van der Waals surface area (Å²) in [6, 6.07) is 4.76. The number of rotatable bonds is 5. The van der Waals surface area contributed by atoms with Crippen molar-refractivity contribution < 1.29 is 27.6 Å². The number of amides is 3. The van der Waals surface area contributed by atoms with E-state index in [0.29, 0.717) is 5.69 Å². The Kier molecular flexibility index (Phi) is 5.26. The Balaban J connectivity index is 1.62. The first-order valence-corrected chi connectivity index (χ1v) is 8.88. The zero-order valence-electron chi connectivity index (χ0n) is 13.9. The predicted octanol–water partition coefficient (Wildman–Crippen LogP) is 3.31. The van der Waals surface area contributed by atoms with Crippen molar-refractivity contribution in [1.82, 2.24) is 9.88 Å². The van der Waals surface area contributed by atoms with Gasteiger partial charge >= 0.3 is 6.18 Å². The minimum Gasteiger partial charge on any atom is -0.302 e. The largest absolute Gasteiger partial charge is 0.416 e. The summed E-state index contributed by atoms with van der Waals surface area (Å²) >= 11 is 1.07. The molecule has 0 bridgehead atoms. The highest BCUT2D eigenvalue weighted by Crippen LogP contribution is 2.33. The molecule has 1 aliphatic rings. The average molecular weight is 397 g/mol. The number of alkyl halides is 3. The second-order valence-corrected chi connectivity index (χ2v) is 6.71. The van der Waals surface area contributed by atoms with Crippen LogP contribution in [0.25, 0.3) is 11.3 Å². The van der Waals surface area contributed by atoms with Crippen molar-refractivity contribution in [3.63, 3.8) is 0 Å². The normalized spacial score (nSPS) is 14.7. The Bertz CT molecular complexity index is 879.